The predicted molar refractivity (Wildman–Crippen MR) is 97.4 cm³/mol. The molecule has 0 amide bonds. The highest BCUT2D eigenvalue weighted by molar-refractivity contribution is 5.91. The van der Waals surface area contributed by atoms with Gasteiger partial charge in [-0.25, -0.2) is 9.97 Å². The summed E-state index contributed by atoms with van der Waals surface area (Å²) in [5.74, 6) is 1.09. The number of carboxylic acid groups (broad SMARTS) is 1. The van der Waals surface area contributed by atoms with Crippen molar-refractivity contribution in [3.05, 3.63) is 18.0 Å². The summed E-state index contributed by atoms with van der Waals surface area (Å²) in [6.07, 6.45) is 1.45. The predicted octanol–water partition coefficient (Wildman–Crippen LogP) is 2.01. The number of aliphatic carboxylic acids is 1. The number of rotatable bonds is 5. The summed E-state index contributed by atoms with van der Waals surface area (Å²) in [4.78, 5) is 22.7. The van der Waals surface area contributed by atoms with Crippen molar-refractivity contribution < 1.29 is 19.4 Å². The summed E-state index contributed by atoms with van der Waals surface area (Å²) in [6, 6.07) is 2.96. The van der Waals surface area contributed by atoms with Crippen LogP contribution in [0.25, 0.3) is 10.9 Å². The van der Waals surface area contributed by atoms with Crippen LogP contribution in [0.1, 0.15) is 32.5 Å². The summed E-state index contributed by atoms with van der Waals surface area (Å²) < 4.78 is 10.7. The topological polar surface area (TPSA) is 111 Å². The first kappa shape index (κ1) is 18.2. The molecule has 1 aromatic carbocycles. The summed E-state index contributed by atoms with van der Waals surface area (Å²) in [5, 5.41) is 10.2. The number of nitrogens with zero attached hydrogens (tertiary/aromatic N) is 3. The zero-order valence-corrected chi connectivity index (χ0v) is 15.4. The van der Waals surface area contributed by atoms with Gasteiger partial charge in [0.15, 0.2) is 17.3 Å². The van der Waals surface area contributed by atoms with Gasteiger partial charge in [0.2, 0.25) is 0 Å². The Morgan fingerprint density at radius 3 is 2.54 bits per heavy atom. The van der Waals surface area contributed by atoms with Gasteiger partial charge in [0.25, 0.3) is 0 Å². The minimum absolute atomic E-state index is 0.324. The largest absolute Gasteiger partial charge is 0.493 e. The van der Waals surface area contributed by atoms with Gasteiger partial charge in [0.05, 0.1) is 25.3 Å². The van der Waals surface area contributed by atoms with Gasteiger partial charge < -0.3 is 20.3 Å². The molecule has 2 aromatic rings. The zero-order chi connectivity index (χ0) is 19.1. The van der Waals surface area contributed by atoms with Crippen molar-refractivity contribution in [3.63, 3.8) is 0 Å². The number of likely N-dealkylation sites (tertiary alicyclic amines) is 1. The Morgan fingerprint density at radius 2 is 1.92 bits per heavy atom. The first-order chi connectivity index (χ1) is 12.3. The first-order valence-electron chi connectivity index (χ1n) is 8.49. The standard InChI is InChI=1S/C18H24N4O4/c1-18(2,22-7-5-6-12(22)16(23)24)17-20-11-9-14(26-4)13(25-3)8-10(11)15(19)21-17/h8-9,12H,5-7H2,1-4H3,(H,23,24)(H2,19,20,21)/t12-/m0/s1. The molecule has 0 aliphatic carbocycles. The lowest BCUT2D eigenvalue weighted by Crippen LogP contribution is -2.48. The Morgan fingerprint density at radius 1 is 1.27 bits per heavy atom. The molecule has 8 nitrogen and oxygen atoms in total. The molecule has 0 unspecified atom stereocenters. The summed E-state index contributed by atoms with van der Waals surface area (Å²) in [7, 11) is 3.11. The number of benzene rings is 1. The number of methoxy groups -OCH3 is 2. The van der Waals surface area contributed by atoms with Gasteiger partial charge >= 0.3 is 5.97 Å². The molecule has 26 heavy (non-hydrogen) atoms. The van der Waals surface area contributed by atoms with Gasteiger partial charge in [-0.3, -0.25) is 9.69 Å². The monoisotopic (exact) mass is 360 g/mol. The lowest BCUT2D eigenvalue weighted by Gasteiger charge is -2.37. The van der Waals surface area contributed by atoms with Crippen molar-refractivity contribution in [2.45, 2.75) is 38.3 Å². The quantitative estimate of drug-likeness (QED) is 0.833. The van der Waals surface area contributed by atoms with Gasteiger partial charge in [-0.1, -0.05) is 0 Å². The molecule has 140 valence electrons. The molecular formula is C18H24N4O4. The molecule has 1 aromatic heterocycles. The van der Waals surface area contributed by atoms with E-state index in [2.05, 4.69) is 9.97 Å². The van der Waals surface area contributed by atoms with Crippen LogP contribution in [0.2, 0.25) is 0 Å². The van der Waals surface area contributed by atoms with Crippen LogP contribution >= 0.6 is 0 Å². The summed E-state index contributed by atoms with van der Waals surface area (Å²) in [6.45, 7) is 4.53. The zero-order valence-electron chi connectivity index (χ0n) is 15.4. The molecule has 0 radical (unpaired) electrons. The van der Waals surface area contributed by atoms with Crippen LogP contribution in [0.15, 0.2) is 12.1 Å². The van der Waals surface area contributed by atoms with Gasteiger partial charge in [0.1, 0.15) is 11.9 Å². The van der Waals surface area contributed by atoms with E-state index in [0.717, 1.165) is 6.42 Å². The van der Waals surface area contributed by atoms with Gasteiger partial charge in [-0.05, 0) is 32.8 Å². The van der Waals surface area contributed by atoms with E-state index in [9.17, 15) is 9.90 Å². The number of anilines is 1. The molecule has 0 saturated carbocycles. The van der Waals surface area contributed by atoms with Crippen LogP contribution in [-0.4, -0.2) is 52.7 Å². The number of carboxylic acids is 1. The second-order valence-corrected chi connectivity index (χ2v) is 6.91. The molecule has 2 heterocycles. The van der Waals surface area contributed by atoms with E-state index in [4.69, 9.17) is 15.2 Å². The van der Waals surface area contributed by atoms with Crippen LogP contribution in [-0.2, 0) is 10.3 Å². The number of ether oxygens (including phenoxy) is 2. The third-order valence-corrected chi connectivity index (χ3v) is 5.03. The molecule has 3 N–H and O–H groups in total. The number of fused-ring (bicyclic) bond motifs is 1. The maximum absolute atomic E-state index is 11.6. The number of nitrogens with two attached hydrogens (primary N) is 1. The van der Waals surface area contributed by atoms with E-state index in [1.54, 1.807) is 26.4 Å². The highest BCUT2D eigenvalue weighted by Gasteiger charge is 2.42. The Hall–Kier alpha value is -2.61. The summed E-state index contributed by atoms with van der Waals surface area (Å²) >= 11 is 0. The van der Waals surface area contributed by atoms with E-state index in [1.165, 1.54) is 0 Å². The van der Waals surface area contributed by atoms with Gasteiger partial charge in [-0.2, -0.15) is 0 Å². The number of carbonyl (C=O) groups is 1. The van der Waals surface area contributed by atoms with Crippen molar-refractivity contribution in [2.24, 2.45) is 0 Å². The number of nitrogen functional groups attached to an aromatic ring is 1. The van der Waals surface area contributed by atoms with E-state index >= 15 is 0 Å². The third kappa shape index (κ3) is 2.90. The van der Waals surface area contributed by atoms with Crippen LogP contribution in [0.4, 0.5) is 5.82 Å². The van der Waals surface area contributed by atoms with Gasteiger partial charge in [-0.15, -0.1) is 0 Å². The Balaban J connectivity index is 2.11. The fourth-order valence-electron chi connectivity index (χ4n) is 3.57. The Kier molecular flexibility index (Phi) is 4.62. The minimum atomic E-state index is -0.823. The van der Waals surface area contributed by atoms with Crippen molar-refractivity contribution >= 4 is 22.7 Å². The van der Waals surface area contributed by atoms with Crippen molar-refractivity contribution in [2.75, 3.05) is 26.5 Å². The van der Waals surface area contributed by atoms with Crippen molar-refractivity contribution in [3.8, 4) is 11.5 Å². The van der Waals surface area contributed by atoms with E-state index in [-0.39, 0.29) is 0 Å². The van der Waals surface area contributed by atoms with Gasteiger partial charge in [0, 0.05) is 18.0 Å². The van der Waals surface area contributed by atoms with Crippen LogP contribution in [0.3, 0.4) is 0 Å². The fraction of sp³-hybridized carbons (Fsp3) is 0.500. The number of hydrogen-bond donors (Lipinski definition) is 2. The molecule has 1 fully saturated rings. The maximum Gasteiger partial charge on any atom is 0.320 e. The van der Waals surface area contributed by atoms with Crippen LogP contribution in [0.5, 0.6) is 11.5 Å². The molecule has 1 aliphatic rings. The average Bonchev–Trinajstić information content (AvgIpc) is 3.11. The molecular weight excluding hydrogens is 336 g/mol. The third-order valence-electron chi connectivity index (χ3n) is 5.03. The fourth-order valence-corrected chi connectivity index (χ4v) is 3.57. The average molecular weight is 360 g/mol. The highest BCUT2D eigenvalue weighted by Crippen LogP contribution is 2.37. The molecule has 1 saturated heterocycles. The first-order valence-corrected chi connectivity index (χ1v) is 8.49. The number of hydrogen-bond acceptors (Lipinski definition) is 7. The summed E-state index contributed by atoms with van der Waals surface area (Å²) in [5.41, 5.74) is 6.14. The minimum Gasteiger partial charge on any atom is -0.493 e. The molecule has 1 atom stereocenters. The SMILES string of the molecule is COc1cc2nc(C(C)(C)N3CCC[C@H]3C(=O)O)nc(N)c2cc1OC. The van der Waals surface area contributed by atoms with Crippen LogP contribution < -0.4 is 15.2 Å². The molecule has 1 aliphatic heterocycles. The smallest absolute Gasteiger partial charge is 0.320 e. The lowest BCUT2D eigenvalue weighted by molar-refractivity contribution is -0.144. The molecule has 8 heteroatoms. The Labute approximate surface area is 151 Å². The molecule has 3 rings (SSSR count). The van der Waals surface area contributed by atoms with E-state index in [1.807, 2.05) is 18.7 Å². The molecule has 0 spiro atoms. The maximum atomic E-state index is 11.6. The molecule has 0 bridgehead atoms. The van der Waals surface area contributed by atoms with Crippen LogP contribution in [0, 0.1) is 0 Å². The normalized spacial score (nSPS) is 18.2. The van der Waals surface area contributed by atoms with E-state index < -0.39 is 17.6 Å². The highest BCUT2D eigenvalue weighted by atomic mass is 16.5. The second-order valence-electron chi connectivity index (χ2n) is 6.91. The van der Waals surface area contributed by atoms with E-state index in [0.29, 0.717) is 47.0 Å². The number of aromatic nitrogens is 2. The lowest BCUT2D eigenvalue weighted by atomic mass is 9.99. The van der Waals surface area contributed by atoms with Crippen molar-refractivity contribution in [1.29, 1.82) is 0 Å². The second kappa shape index (κ2) is 6.60. The van der Waals surface area contributed by atoms with Crippen molar-refractivity contribution in [1.82, 2.24) is 14.9 Å². The Bertz CT molecular complexity index is 853.